The van der Waals surface area contributed by atoms with Gasteiger partial charge in [-0.3, -0.25) is 4.79 Å². The van der Waals surface area contributed by atoms with Gasteiger partial charge in [-0.1, -0.05) is 26.0 Å². The predicted molar refractivity (Wildman–Crippen MR) is 82.6 cm³/mol. The Morgan fingerprint density at radius 2 is 1.90 bits per heavy atom. The van der Waals surface area contributed by atoms with Gasteiger partial charge >= 0.3 is 0 Å². The Morgan fingerprint density at radius 3 is 2.71 bits per heavy atom. The van der Waals surface area contributed by atoms with Gasteiger partial charge in [-0.15, -0.1) is 0 Å². The molecule has 21 heavy (non-hydrogen) atoms. The monoisotopic (exact) mass is 288 g/mol. The van der Waals surface area contributed by atoms with Crippen molar-refractivity contribution in [3.8, 4) is 0 Å². The third kappa shape index (κ3) is 1.72. The zero-order valence-electron chi connectivity index (χ0n) is 13.3. The Labute approximate surface area is 128 Å². The number of aliphatic hydroxyl groups excluding tert-OH is 1. The van der Waals surface area contributed by atoms with Gasteiger partial charge < -0.3 is 5.11 Å². The normalized spacial score (nSPS) is 55.8. The van der Waals surface area contributed by atoms with E-state index >= 15 is 0 Å². The van der Waals surface area contributed by atoms with Crippen LogP contribution in [0.15, 0.2) is 12.2 Å². The summed E-state index contributed by atoms with van der Waals surface area (Å²) in [4.78, 5) is 12.1. The molecule has 0 aliphatic heterocycles. The number of carbonyl (C=O) groups is 1. The van der Waals surface area contributed by atoms with Gasteiger partial charge in [0.1, 0.15) is 6.10 Å². The van der Waals surface area contributed by atoms with Crippen molar-refractivity contribution in [2.24, 2.45) is 34.5 Å². The van der Waals surface area contributed by atoms with Crippen molar-refractivity contribution in [1.29, 1.82) is 0 Å². The van der Waals surface area contributed by atoms with Crippen LogP contribution in [0.5, 0.6) is 0 Å². The molecule has 0 spiro atoms. The zero-order valence-corrected chi connectivity index (χ0v) is 13.3. The van der Waals surface area contributed by atoms with Gasteiger partial charge in [0.05, 0.1) is 0 Å². The number of aliphatic hydroxyl groups is 1. The molecule has 0 saturated heterocycles. The molecule has 0 amide bonds. The second-order valence-electron chi connectivity index (χ2n) is 8.69. The molecule has 0 aromatic heterocycles. The summed E-state index contributed by atoms with van der Waals surface area (Å²) in [6.07, 6.45) is 12.0. The highest BCUT2D eigenvalue weighted by Crippen LogP contribution is 2.65. The molecule has 0 aromatic rings. The summed E-state index contributed by atoms with van der Waals surface area (Å²) in [7, 11) is 0. The lowest BCUT2D eigenvalue weighted by Gasteiger charge is -2.59. The highest BCUT2D eigenvalue weighted by molar-refractivity contribution is 5.86. The number of ketones is 1. The first-order chi connectivity index (χ1) is 9.97. The maximum atomic E-state index is 12.1. The van der Waals surface area contributed by atoms with E-state index in [0.29, 0.717) is 23.7 Å². The van der Waals surface area contributed by atoms with Gasteiger partial charge in [-0.25, -0.2) is 0 Å². The summed E-state index contributed by atoms with van der Waals surface area (Å²) < 4.78 is 0. The number of allylic oxidation sites excluding steroid dienone is 2. The van der Waals surface area contributed by atoms with Gasteiger partial charge in [-0.05, 0) is 67.6 Å². The van der Waals surface area contributed by atoms with Crippen LogP contribution in [0.4, 0.5) is 0 Å². The van der Waals surface area contributed by atoms with E-state index in [4.69, 9.17) is 0 Å². The minimum atomic E-state index is -0.694. The van der Waals surface area contributed by atoms with Crippen molar-refractivity contribution < 1.29 is 9.90 Å². The van der Waals surface area contributed by atoms with Gasteiger partial charge in [0, 0.05) is 11.8 Å². The number of rotatable bonds is 0. The first-order valence-electron chi connectivity index (χ1n) is 8.82. The van der Waals surface area contributed by atoms with E-state index in [-0.39, 0.29) is 11.2 Å². The summed E-state index contributed by atoms with van der Waals surface area (Å²) in [6, 6.07) is 0. The fourth-order valence-electron chi connectivity index (χ4n) is 6.61. The molecule has 116 valence electrons. The van der Waals surface area contributed by atoms with Crippen LogP contribution in [-0.2, 0) is 4.79 Å². The van der Waals surface area contributed by atoms with E-state index in [9.17, 15) is 9.90 Å². The largest absolute Gasteiger partial charge is 0.385 e. The van der Waals surface area contributed by atoms with Crippen molar-refractivity contribution in [1.82, 2.24) is 0 Å². The van der Waals surface area contributed by atoms with E-state index in [2.05, 4.69) is 26.0 Å². The summed E-state index contributed by atoms with van der Waals surface area (Å²) in [5.41, 5.74) is 0.307. The maximum Gasteiger partial charge on any atom is 0.162 e. The minimum absolute atomic E-state index is 0.110. The molecule has 0 heterocycles. The van der Waals surface area contributed by atoms with Crippen LogP contribution in [0, 0.1) is 34.5 Å². The topological polar surface area (TPSA) is 37.3 Å². The molecule has 7 atom stereocenters. The molecular formula is C19H28O2. The molecule has 1 N–H and O–H groups in total. The van der Waals surface area contributed by atoms with E-state index in [1.165, 1.54) is 32.1 Å². The zero-order chi connectivity index (χ0) is 14.8. The molecule has 0 radical (unpaired) electrons. The molecule has 4 aliphatic carbocycles. The molecule has 4 aliphatic rings. The SMILES string of the molecule is C[C@]12CC=CCC1CC[C@@H]1[C@@H]2CC[C@]2(C)C(O)C(=O)C[C@@H]12. The first-order valence-corrected chi connectivity index (χ1v) is 8.82. The Bertz CT molecular complexity index is 496. The van der Waals surface area contributed by atoms with E-state index in [1.807, 2.05) is 0 Å². The van der Waals surface area contributed by atoms with Gasteiger partial charge in [-0.2, -0.15) is 0 Å². The average molecular weight is 288 g/mol. The van der Waals surface area contributed by atoms with Gasteiger partial charge in [0.15, 0.2) is 5.78 Å². The summed E-state index contributed by atoms with van der Waals surface area (Å²) >= 11 is 0. The van der Waals surface area contributed by atoms with E-state index < -0.39 is 6.10 Å². The van der Waals surface area contributed by atoms with Crippen LogP contribution in [0.2, 0.25) is 0 Å². The Balaban J connectivity index is 1.68. The lowest BCUT2D eigenvalue weighted by molar-refractivity contribution is -0.130. The lowest BCUT2D eigenvalue weighted by Crippen LogP contribution is -2.52. The van der Waals surface area contributed by atoms with Crippen LogP contribution < -0.4 is 0 Å². The molecule has 3 fully saturated rings. The number of carbonyl (C=O) groups excluding carboxylic acids is 1. The molecule has 3 saturated carbocycles. The van der Waals surface area contributed by atoms with Crippen LogP contribution in [0.1, 0.15) is 58.8 Å². The second-order valence-corrected chi connectivity index (χ2v) is 8.69. The van der Waals surface area contributed by atoms with Crippen molar-refractivity contribution in [2.45, 2.75) is 64.9 Å². The molecule has 2 nitrogen and oxygen atoms in total. The Kier molecular flexibility index (Phi) is 2.96. The average Bonchev–Trinajstić information content (AvgIpc) is 2.70. The quantitative estimate of drug-likeness (QED) is 0.690. The van der Waals surface area contributed by atoms with Crippen LogP contribution in [0.25, 0.3) is 0 Å². The lowest BCUT2D eigenvalue weighted by atomic mass is 9.46. The number of hydrogen-bond donors (Lipinski definition) is 1. The molecule has 0 aromatic carbocycles. The van der Waals surface area contributed by atoms with Crippen molar-refractivity contribution >= 4 is 5.78 Å². The van der Waals surface area contributed by atoms with Crippen LogP contribution in [0.3, 0.4) is 0 Å². The molecule has 2 unspecified atom stereocenters. The molecule has 4 rings (SSSR count). The Hall–Kier alpha value is -0.630. The number of Topliss-reactive ketones (excluding diaryl/α,β-unsaturated/α-hetero) is 1. The number of fused-ring (bicyclic) bond motifs is 5. The van der Waals surface area contributed by atoms with Crippen molar-refractivity contribution in [2.75, 3.05) is 0 Å². The van der Waals surface area contributed by atoms with Crippen LogP contribution >= 0.6 is 0 Å². The first kappa shape index (κ1) is 14.0. The molecular weight excluding hydrogens is 260 g/mol. The third-order valence-electron chi connectivity index (χ3n) is 8.00. The third-order valence-corrected chi connectivity index (χ3v) is 8.00. The summed E-state index contributed by atoms with van der Waals surface area (Å²) in [5, 5.41) is 10.4. The molecule has 0 bridgehead atoms. The molecule has 2 heteroatoms. The summed E-state index contributed by atoms with van der Waals surface area (Å²) in [5.74, 6) is 2.81. The van der Waals surface area contributed by atoms with E-state index in [1.54, 1.807) is 0 Å². The number of hydrogen-bond acceptors (Lipinski definition) is 2. The smallest absolute Gasteiger partial charge is 0.162 e. The van der Waals surface area contributed by atoms with Crippen LogP contribution in [-0.4, -0.2) is 17.0 Å². The summed E-state index contributed by atoms with van der Waals surface area (Å²) in [6.45, 7) is 4.69. The fraction of sp³-hybridized carbons (Fsp3) is 0.842. The minimum Gasteiger partial charge on any atom is -0.385 e. The fourth-order valence-corrected chi connectivity index (χ4v) is 6.61. The highest BCUT2D eigenvalue weighted by Gasteiger charge is 2.61. The van der Waals surface area contributed by atoms with Gasteiger partial charge in [0.25, 0.3) is 0 Å². The second kappa shape index (κ2) is 4.44. The standard InChI is InChI=1S/C19H28O2/c1-18-9-4-3-5-12(18)6-7-13-14(18)8-10-19(2)15(13)11-16(20)17(19)21/h3-4,12-15,17,21H,5-11H2,1-2H3/t12?,13-,14+,15+,17?,18+,19+/m1/s1. The van der Waals surface area contributed by atoms with E-state index in [0.717, 1.165) is 18.3 Å². The maximum absolute atomic E-state index is 12.1. The van der Waals surface area contributed by atoms with Gasteiger partial charge in [0.2, 0.25) is 0 Å². The Morgan fingerprint density at radius 1 is 1.10 bits per heavy atom. The van der Waals surface area contributed by atoms with Crippen molar-refractivity contribution in [3.63, 3.8) is 0 Å². The highest BCUT2D eigenvalue weighted by atomic mass is 16.3. The predicted octanol–water partition coefficient (Wildman–Crippen LogP) is 3.74. The van der Waals surface area contributed by atoms with Crippen molar-refractivity contribution in [3.05, 3.63) is 12.2 Å².